The molecule has 22 heavy (non-hydrogen) atoms. The smallest absolute Gasteiger partial charge is 0.307 e. The third kappa shape index (κ3) is 3.82. The molecule has 0 fully saturated rings. The van der Waals surface area contributed by atoms with Crippen molar-refractivity contribution in [2.75, 3.05) is 7.11 Å². The van der Waals surface area contributed by atoms with Crippen LogP contribution in [0.2, 0.25) is 0 Å². The molecule has 0 radical (unpaired) electrons. The highest BCUT2D eigenvalue weighted by atomic mass is 16.5. The molecule has 0 aliphatic carbocycles. The lowest BCUT2D eigenvalue weighted by Crippen LogP contribution is -2.04. The van der Waals surface area contributed by atoms with Gasteiger partial charge in [-0.2, -0.15) is 5.10 Å². The van der Waals surface area contributed by atoms with Crippen LogP contribution in [0.25, 0.3) is 6.08 Å². The van der Waals surface area contributed by atoms with Crippen molar-refractivity contribution in [3.8, 4) is 5.75 Å². The number of nitrogens with zero attached hydrogens (tertiary/aromatic N) is 2. The number of aliphatic carboxylic acids is 1. The van der Waals surface area contributed by atoms with Gasteiger partial charge in [0.15, 0.2) is 5.78 Å². The summed E-state index contributed by atoms with van der Waals surface area (Å²) in [4.78, 5) is 23.0. The van der Waals surface area contributed by atoms with Crippen molar-refractivity contribution < 1.29 is 19.4 Å². The predicted octanol–water partition coefficient (Wildman–Crippen LogP) is 1.95. The van der Waals surface area contributed by atoms with E-state index in [4.69, 9.17) is 9.84 Å². The topological polar surface area (TPSA) is 81.4 Å². The maximum atomic E-state index is 12.2. The second-order valence-electron chi connectivity index (χ2n) is 4.74. The van der Waals surface area contributed by atoms with Gasteiger partial charge in [0.05, 0.1) is 19.7 Å². The normalized spacial score (nSPS) is 10.8. The van der Waals surface area contributed by atoms with Crippen molar-refractivity contribution in [1.29, 1.82) is 0 Å². The van der Waals surface area contributed by atoms with Crippen LogP contribution in [0.5, 0.6) is 5.75 Å². The number of aryl methyl sites for hydroxylation is 1. The molecule has 0 saturated heterocycles. The van der Waals surface area contributed by atoms with Crippen molar-refractivity contribution in [1.82, 2.24) is 9.78 Å². The second-order valence-corrected chi connectivity index (χ2v) is 4.74. The van der Waals surface area contributed by atoms with E-state index in [-0.39, 0.29) is 12.2 Å². The quantitative estimate of drug-likeness (QED) is 0.651. The fraction of sp³-hybridized carbons (Fsp3) is 0.188. The minimum atomic E-state index is -0.978. The number of ether oxygens (including phenoxy) is 1. The maximum absolute atomic E-state index is 12.2. The molecule has 1 aromatic carbocycles. The molecule has 0 amide bonds. The Bertz CT molecular complexity index is 731. The molecule has 0 aliphatic heterocycles. The lowest BCUT2D eigenvalue weighted by atomic mass is 10.0. The maximum Gasteiger partial charge on any atom is 0.307 e. The summed E-state index contributed by atoms with van der Waals surface area (Å²) in [7, 11) is 3.26. The number of carboxylic acid groups (broad SMARTS) is 1. The number of benzene rings is 1. The van der Waals surface area contributed by atoms with Crippen molar-refractivity contribution in [2.45, 2.75) is 6.42 Å². The Morgan fingerprint density at radius 1 is 1.41 bits per heavy atom. The predicted molar refractivity (Wildman–Crippen MR) is 80.9 cm³/mol. The third-order valence-corrected chi connectivity index (χ3v) is 3.06. The fourth-order valence-corrected chi connectivity index (χ4v) is 2.03. The Hall–Kier alpha value is -2.89. The minimum Gasteiger partial charge on any atom is -0.496 e. The Labute approximate surface area is 127 Å². The molecule has 114 valence electrons. The Morgan fingerprint density at radius 2 is 2.18 bits per heavy atom. The molecule has 2 aromatic rings. The van der Waals surface area contributed by atoms with Crippen LogP contribution in [0.3, 0.4) is 0 Å². The lowest BCUT2D eigenvalue weighted by molar-refractivity contribution is -0.136. The molecule has 1 N–H and O–H groups in total. The van der Waals surface area contributed by atoms with E-state index in [9.17, 15) is 9.59 Å². The van der Waals surface area contributed by atoms with Gasteiger partial charge in [0.25, 0.3) is 0 Å². The summed E-state index contributed by atoms with van der Waals surface area (Å²) < 4.78 is 6.75. The number of rotatable bonds is 6. The van der Waals surface area contributed by atoms with Crippen LogP contribution in [0.4, 0.5) is 0 Å². The summed E-state index contributed by atoms with van der Waals surface area (Å²) in [5, 5.41) is 12.9. The molecular weight excluding hydrogens is 284 g/mol. The number of hydrogen-bond donors (Lipinski definition) is 1. The largest absolute Gasteiger partial charge is 0.496 e. The fourth-order valence-electron chi connectivity index (χ4n) is 2.03. The third-order valence-electron chi connectivity index (χ3n) is 3.06. The molecule has 6 heteroatoms. The summed E-state index contributed by atoms with van der Waals surface area (Å²) in [6.07, 6.45) is 6.33. The van der Waals surface area contributed by atoms with Crippen molar-refractivity contribution in [3.05, 3.63) is 53.4 Å². The second kappa shape index (κ2) is 6.71. The first-order chi connectivity index (χ1) is 10.5. The first kappa shape index (κ1) is 15.5. The summed E-state index contributed by atoms with van der Waals surface area (Å²) in [6, 6.07) is 4.76. The highest BCUT2D eigenvalue weighted by Crippen LogP contribution is 2.21. The minimum absolute atomic E-state index is 0.198. The zero-order valence-electron chi connectivity index (χ0n) is 12.3. The molecule has 0 unspecified atom stereocenters. The number of allylic oxidation sites excluding steroid dienone is 1. The number of methoxy groups -OCH3 is 1. The van der Waals surface area contributed by atoms with Crippen molar-refractivity contribution in [3.63, 3.8) is 0 Å². The molecule has 0 atom stereocenters. The molecular formula is C16H16N2O4. The zero-order valence-corrected chi connectivity index (χ0v) is 12.3. The molecule has 0 bridgehead atoms. The van der Waals surface area contributed by atoms with Gasteiger partial charge in [-0.05, 0) is 30.4 Å². The summed E-state index contributed by atoms with van der Waals surface area (Å²) in [5.41, 5.74) is 1.70. The van der Waals surface area contributed by atoms with Crippen LogP contribution in [0.15, 0.2) is 36.7 Å². The van der Waals surface area contributed by atoms with E-state index in [0.29, 0.717) is 16.9 Å². The summed E-state index contributed by atoms with van der Waals surface area (Å²) >= 11 is 0. The van der Waals surface area contributed by atoms with Gasteiger partial charge in [0.2, 0.25) is 0 Å². The van der Waals surface area contributed by atoms with Crippen LogP contribution >= 0.6 is 0 Å². The lowest BCUT2D eigenvalue weighted by Gasteiger charge is -2.07. The number of carbonyl (C=O) groups is 2. The van der Waals surface area contributed by atoms with E-state index in [2.05, 4.69) is 5.10 Å². The highest BCUT2D eigenvalue weighted by molar-refractivity contribution is 6.07. The number of hydrogen-bond acceptors (Lipinski definition) is 4. The average molecular weight is 300 g/mol. The molecule has 2 rings (SSSR count). The Kier molecular flexibility index (Phi) is 4.73. The van der Waals surface area contributed by atoms with E-state index >= 15 is 0 Å². The monoisotopic (exact) mass is 300 g/mol. The summed E-state index contributed by atoms with van der Waals surface area (Å²) in [6.45, 7) is 0. The first-order valence-electron chi connectivity index (χ1n) is 6.59. The number of aromatic nitrogens is 2. The molecule has 0 aliphatic rings. The van der Waals surface area contributed by atoms with Gasteiger partial charge in [-0.25, -0.2) is 0 Å². The van der Waals surface area contributed by atoms with E-state index in [1.165, 1.54) is 13.2 Å². The molecule has 0 spiro atoms. The van der Waals surface area contributed by atoms with E-state index in [0.717, 1.165) is 5.56 Å². The SMILES string of the molecule is COc1ccc(C(=O)/C=C/c2cnn(C)c2)cc1CC(=O)O. The van der Waals surface area contributed by atoms with Crippen LogP contribution < -0.4 is 4.74 Å². The number of carbonyl (C=O) groups excluding carboxylic acids is 1. The molecule has 0 saturated carbocycles. The first-order valence-corrected chi connectivity index (χ1v) is 6.59. The average Bonchev–Trinajstić information content (AvgIpc) is 2.89. The van der Waals surface area contributed by atoms with Gasteiger partial charge in [-0.15, -0.1) is 0 Å². The van der Waals surface area contributed by atoms with E-state index in [1.807, 2.05) is 0 Å². The van der Waals surface area contributed by atoms with Crippen LogP contribution in [0, 0.1) is 0 Å². The zero-order chi connectivity index (χ0) is 16.1. The van der Waals surface area contributed by atoms with E-state index in [1.54, 1.807) is 48.4 Å². The standard InChI is InChI=1S/C16H16N2O4/c1-18-10-11(9-17-18)3-5-14(19)12-4-6-15(22-2)13(7-12)8-16(20)21/h3-7,9-10H,8H2,1-2H3,(H,20,21)/b5-3+. The van der Waals surface area contributed by atoms with Crippen LogP contribution in [0.1, 0.15) is 21.5 Å². The highest BCUT2D eigenvalue weighted by Gasteiger charge is 2.11. The van der Waals surface area contributed by atoms with Crippen molar-refractivity contribution in [2.24, 2.45) is 7.05 Å². The van der Waals surface area contributed by atoms with Gasteiger partial charge in [-0.1, -0.05) is 0 Å². The Balaban J connectivity index is 2.22. The van der Waals surface area contributed by atoms with Gasteiger partial charge < -0.3 is 9.84 Å². The molecule has 1 aromatic heterocycles. The summed E-state index contributed by atoms with van der Waals surface area (Å²) in [5.74, 6) is -0.734. The van der Waals surface area contributed by atoms with Crippen LogP contribution in [-0.4, -0.2) is 33.7 Å². The Morgan fingerprint density at radius 3 is 2.77 bits per heavy atom. The number of carboxylic acids is 1. The van der Waals surface area contributed by atoms with Gasteiger partial charge >= 0.3 is 5.97 Å². The van der Waals surface area contributed by atoms with Gasteiger partial charge in [0.1, 0.15) is 5.75 Å². The molecule has 6 nitrogen and oxygen atoms in total. The number of ketones is 1. The van der Waals surface area contributed by atoms with Gasteiger partial charge in [0, 0.05) is 29.9 Å². The molecule has 1 heterocycles. The van der Waals surface area contributed by atoms with Crippen LogP contribution in [-0.2, 0) is 18.3 Å². The van der Waals surface area contributed by atoms with Gasteiger partial charge in [-0.3, -0.25) is 14.3 Å². The van der Waals surface area contributed by atoms with E-state index < -0.39 is 5.97 Å². The van der Waals surface area contributed by atoms with Crippen molar-refractivity contribution >= 4 is 17.8 Å².